The summed E-state index contributed by atoms with van der Waals surface area (Å²) in [5.74, 6) is 1.47. The minimum absolute atomic E-state index is 0.0500. The van der Waals surface area contributed by atoms with E-state index in [0.717, 1.165) is 13.1 Å². The van der Waals surface area contributed by atoms with Crippen molar-refractivity contribution in [3.63, 3.8) is 0 Å². The first-order chi connectivity index (χ1) is 10.9. The lowest BCUT2D eigenvalue weighted by molar-refractivity contribution is 0.0747. The Morgan fingerprint density at radius 1 is 1.43 bits per heavy atom. The summed E-state index contributed by atoms with van der Waals surface area (Å²) in [6, 6.07) is 3.93. The average Bonchev–Trinajstić information content (AvgIpc) is 3.19. The van der Waals surface area contributed by atoms with E-state index in [1.807, 2.05) is 11.0 Å². The molecule has 1 amide bonds. The lowest BCUT2D eigenvalue weighted by atomic mass is 10.1. The van der Waals surface area contributed by atoms with Crippen molar-refractivity contribution >= 4 is 17.5 Å². The number of hydrogen-bond donors (Lipinski definition) is 0. The monoisotopic (exact) mass is 336 g/mol. The molecule has 1 fully saturated rings. The number of nitrogens with zero attached hydrogens (tertiary/aromatic N) is 4. The van der Waals surface area contributed by atoms with Crippen molar-refractivity contribution in [3.8, 4) is 0 Å². The Hall–Kier alpha value is -1.79. The molecule has 124 valence electrons. The number of hydrogen-bond acceptors (Lipinski definition) is 4. The van der Waals surface area contributed by atoms with Gasteiger partial charge in [0.2, 0.25) is 0 Å². The van der Waals surface area contributed by atoms with E-state index >= 15 is 0 Å². The number of aromatic nitrogens is 2. The van der Waals surface area contributed by atoms with Crippen LogP contribution in [0.5, 0.6) is 0 Å². The van der Waals surface area contributed by atoms with Crippen LogP contribution < -0.4 is 0 Å². The first-order valence-electron chi connectivity index (χ1n) is 7.66. The zero-order valence-electron chi connectivity index (χ0n) is 13.6. The number of amides is 1. The highest BCUT2D eigenvalue weighted by atomic mass is 35.5. The van der Waals surface area contributed by atoms with Gasteiger partial charge in [0.1, 0.15) is 5.76 Å². The summed E-state index contributed by atoms with van der Waals surface area (Å²) in [4.78, 5) is 16.6. The molecule has 7 heteroatoms. The van der Waals surface area contributed by atoms with Crippen LogP contribution in [0.2, 0.25) is 5.02 Å². The van der Waals surface area contributed by atoms with E-state index in [1.165, 1.54) is 0 Å². The maximum Gasteiger partial charge on any atom is 0.289 e. The molecule has 23 heavy (non-hydrogen) atoms. The van der Waals surface area contributed by atoms with Crippen molar-refractivity contribution < 1.29 is 9.21 Å². The normalized spacial score (nSPS) is 21.3. The standard InChI is InChI=1S/C16H21ClN4O2/c1-11-7-20(10-14(11)19(2)3)16(22)15-5-4-13(23-15)9-21-8-12(17)6-18-21/h4-6,8,11,14H,7,9-10H2,1-3H3. The molecule has 2 aromatic rings. The van der Waals surface area contributed by atoms with Crippen LogP contribution in [-0.4, -0.2) is 58.7 Å². The van der Waals surface area contributed by atoms with Crippen molar-refractivity contribution in [2.45, 2.75) is 19.5 Å². The van der Waals surface area contributed by atoms with Gasteiger partial charge < -0.3 is 14.2 Å². The highest BCUT2D eigenvalue weighted by molar-refractivity contribution is 6.30. The van der Waals surface area contributed by atoms with E-state index < -0.39 is 0 Å². The summed E-state index contributed by atoms with van der Waals surface area (Å²) in [5, 5.41) is 4.68. The summed E-state index contributed by atoms with van der Waals surface area (Å²) in [5.41, 5.74) is 0. The molecular formula is C16H21ClN4O2. The highest BCUT2D eigenvalue weighted by Gasteiger charge is 2.34. The van der Waals surface area contributed by atoms with E-state index in [1.54, 1.807) is 23.1 Å². The Morgan fingerprint density at radius 2 is 2.22 bits per heavy atom. The van der Waals surface area contributed by atoms with Crippen LogP contribution in [0.1, 0.15) is 23.2 Å². The van der Waals surface area contributed by atoms with Crippen LogP contribution in [-0.2, 0) is 6.54 Å². The van der Waals surface area contributed by atoms with E-state index in [4.69, 9.17) is 16.0 Å². The lowest BCUT2D eigenvalue weighted by Crippen LogP contribution is -2.35. The number of carbonyl (C=O) groups is 1. The van der Waals surface area contributed by atoms with Gasteiger partial charge in [-0.15, -0.1) is 0 Å². The summed E-state index contributed by atoms with van der Waals surface area (Å²) in [6.07, 6.45) is 3.29. The summed E-state index contributed by atoms with van der Waals surface area (Å²) >= 11 is 5.84. The molecule has 1 aliphatic rings. The molecule has 3 heterocycles. The van der Waals surface area contributed by atoms with Crippen LogP contribution in [0.25, 0.3) is 0 Å². The van der Waals surface area contributed by atoms with Crippen molar-refractivity contribution in [2.24, 2.45) is 5.92 Å². The van der Waals surface area contributed by atoms with Crippen LogP contribution in [0.3, 0.4) is 0 Å². The predicted molar refractivity (Wildman–Crippen MR) is 87.6 cm³/mol. The quantitative estimate of drug-likeness (QED) is 0.859. The van der Waals surface area contributed by atoms with E-state index in [2.05, 4.69) is 31.0 Å². The Morgan fingerprint density at radius 3 is 2.83 bits per heavy atom. The van der Waals surface area contributed by atoms with Gasteiger partial charge in [-0.25, -0.2) is 0 Å². The molecule has 0 aliphatic carbocycles. The Bertz CT molecular complexity index is 694. The zero-order chi connectivity index (χ0) is 16.6. The molecular weight excluding hydrogens is 316 g/mol. The van der Waals surface area contributed by atoms with Gasteiger partial charge in [-0.1, -0.05) is 18.5 Å². The Labute approximate surface area is 140 Å². The topological polar surface area (TPSA) is 54.5 Å². The number of carbonyl (C=O) groups excluding carboxylic acids is 1. The number of likely N-dealkylation sites (N-methyl/N-ethyl adjacent to an activating group) is 1. The van der Waals surface area contributed by atoms with Crippen LogP contribution in [0, 0.1) is 5.92 Å². The maximum atomic E-state index is 12.6. The smallest absolute Gasteiger partial charge is 0.289 e. The second-order valence-corrected chi connectivity index (χ2v) is 6.78. The molecule has 0 saturated carbocycles. The summed E-state index contributed by atoms with van der Waals surface area (Å²) < 4.78 is 7.37. The summed E-state index contributed by atoms with van der Waals surface area (Å²) in [7, 11) is 4.10. The molecule has 0 N–H and O–H groups in total. The minimum Gasteiger partial charge on any atom is -0.454 e. The van der Waals surface area contributed by atoms with Crippen molar-refractivity contribution in [2.75, 3.05) is 27.2 Å². The van der Waals surface area contributed by atoms with Gasteiger partial charge in [0.25, 0.3) is 5.91 Å². The molecule has 0 aromatic carbocycles. The van der Waals surface area contributed by atoms with Gasteiger partial charge in [-0.3, -0.25) is 9.48 Å². The summed E-state index contributed by atoms with van der Waals surface area (Å²) in [6.45, 7) is 4.12. The Balaban J connectivity index is 1.67. The van der Waals surface area contributed by atoms with E-state index in [0.29, 0.717) is 35.0 Å². The first-order valence-corrected chi connectivity index (χ1v) is 8.04. The lowest BCUT2D eigenvalue weighted by Gasteiger charge is -2.22. The first kappa shape index (κ1) is 16.1. The third kappa shape index (κ3) is 3.43. The largest absolute Gasteiger partial charge is 0.454 e. The molecule has 0 spiro atoms. The van der Waals surface area contributed by atoms with Crippen molar-refractivity contribution in [3.05, 3.63) is 41.1 Å². The number of likely N-dealkylation sites (tertiary alicyclic amines) is 1. The Kier molecular flexibility index (Phi) is 4.46. The fourth-order valence-corrected chi connectivity index (χ4v) is 3.26. The maximum absolute atomic E-state index is 12.6. The van der Waals surface area contributed by atoms with Gasteiger partial charge in [-0.05, 0) is 32.1 Å². The highest BCUT2D eigenvalue weighted by Crippen LogP contribution is 2.22. The third-order valence-corrected chi connectivity index (χ3v) is 4.51. The van der Waals surface area contributed by atoms with Crippen LogP contribution in [0.15, 0.2) is 28.9 Å². The van der Waals surface area contributed by atoms with Crippen molar-refractivity contribution in [1.82, 2.24) is 19.6 Å². The molecule has 1 saturated heterocycles. The average molecular weight is 337 g/mol. The third-order valence-electron chi connectivity index (χ3n) is 4.32. The molecule has 2 aromatic heterocycles. The van der Waals surface area contributed by atoms with E-state index in [9.17, 15) is 4.79 Å². The van der Waals surface area contributed by atoms with Gasteiger partial charge in [-0.2, -0.15) is 5.10 Å². The van der Waals surface area contributed by atoms with Gasteiger partial charge >= 0.3 is 0 Å². The van der Waals surface area contributed by atoms with E-state index in [-0.39, 0.29) is 5.91 Å². The second kappa shape index (κ2) is 6.37. The van der Waals surface area contributed by atoms with Crippen LogP contribution >= 0.6 is 11.6 Å². The number of rotatable bonds is 4. The SMILES string of the molecule is CC1CN(C(=O)c2ccc(Cn3cc(Cl)cn3)o2)CC1N(C)C. The van der Waals surface area contributed by atoms with Gasteiger partial charge in [0.15, 0.2) is 5.76 Å². The number of furan rings is 1. The molecule has 0 radical (unpaired) electrons. The number of halogens is 1. The fraction of sp³-hybridized carbons (Fsp3) is 0.500. The predicted octanol–water partition coefficient (Wildman–Crippen LogP) is 2.20. The van der Waals surface area contributed by atoms with Gasteiger partial charge in [0.05, 0.1) is 17.8 Å². The van der Waals surface area contributed by atoms with Crippen LogP contribution in [0.4, 0.5) is 0 Å². The molecule has 0 bridgehead atoms. The molecule has 6 nitrogen and oxygen atoms in total. The molecule has 2 unspecified atom stereocenters. The fourth-order valence-electron chi connectivity index (χ4n) is 3.11. The zero-order valence-corrected chi connectivity index (χ0v) is 14.3. The molecule has 2 atom stereocenters. The molecule has 3 rings (SSSR count). The van der Waals surface area contributed by atoms with Gasteiger partial charge in [0, 0.05) is 25.3 Å². The molecule has 1 aliphatic heterocycles. The van der Waals surface area contributed by atoms with Crippen molar-refractivity contribution in [1.29, 1.82) is 0 Å². The second-order valence-electron chi connectivity index (χ2n) is 6.34. The minimum atomic E-state index is -0.0500.